The zero-order chi connectivity index (χ0) is 13.2. The van der Waals surface area contributed by atoms with Gasteiger partial charge in [0.25, 0.3) is 0 Å². The number of benzene rings is 1. The summed E-state index contributed by atoms with van der Waals surface area (Å²) in [6, 6.07) is 10.7. The van der Waals surface area contributed by atoms with Gasteiger partial charge >= 0.3 is 0 Å². The van der Waals surface area contributed by atoms with Crippen LogP contribution in [0, 0.1) is 5.92 Å². The lowest BCUT2D eigenvalue weighted by atomic mass is 9.73. The van der Waals surface area contributed by atoms with Crippen LogP contribution < -0.4 is 5.32 Å². The van der Waals surface area contributed by atoms with Gasteiger partial charge in [-0.25, -0.2) is 0 Å². The fourth-order valence-electron chi connectivity index (χ4n) is 3.43. The highest BCUT2D eigenvalue weighted by Crippen LogP contribution is 2.35. The van der Waals surface area contributed by atoms with E-state index in [1.807, 2.05) is 18.2 Å². The van der Waals surface area contributed by atoms with Gasteiger partial charge < -0.3 is 10.1 Å². The smallest absolute Gasteiger partial charge is 0.146 e. The molecule has 0 spiro atoms. The molecule has 4 atom stereocenters. The third-order valence-electron chi connectivity index (χ3n) is 4.44. The SMILES string of the molecule is CC(=O)[C@@H]1N[C@H]2CC[C@@H]1C[C@@H]2OCc1ccccc1. The Bertz CT molecular complexity index is 445. The first-order valence-electron chi connectivity index (χ1n) is 7.16. The van der Waals surface area contributed by atoms with Crippen LogP contribution in [0.3, 0.4) is 0 Å². The van der Waals surface area contributed by atoms with Crippen molar-refractivity contribution in [1.29, 1.82) is 0 Å². The number of hydrogen-bond donors (Lipinski definition) is 1. The molecule has 2 aliphatic heterocycles. The van der Waals surface area contributed by atoms with Crippen LogP contribution in [0.15, 0.2) is 30.3 Å². The molecule has 2 heterocycles. The van der Waals surface area contributed by atoms with Crippen molar-refractivity contribution in [2.45, 2.75) is 51.0 Å². The second kappa shape index (κ2) is 5.43. The van der Waals surface area contributed by atoms with E-state index in [9.17, 15) is 4.79 Å². The standard InChI is InChI=1S/C16H21NO2/c1-11(18)16-13-7-8-14(17-16)15(9-13)19-10-12-5-3-2-4-6-12/h2-6,13-17H,7-10H2,1H3/t13-,14+,15+,16+/m1/s1. The lowest BCUT2D eigenvalue weighted by molar-refractivity contribution is -0.126. The maximum atomic E-state index is 11.6. The molecule has 2 bridgehead atoms. The predicted octanol–water partition coefficient (Wildman–Crippen LogP) is 2.30. The zero-order valence-corrected chi connectivity index (χ0v) is 11.3. The van der Waals surface area contributed by atoms with Gasteiger partial charge in [-0.15, -0.1) is 0 Å². The minimum absolute atomic E-state index is 0.0651. The summed E-state index contributed by atoms with van der Waals surface area (Å²) in [4.78, 5) is 11.6. The molecule has 3 nitrogen and oxygen atoms in total. The molecule has 0 aromatic heterocycles. The monoisotopic (exact) mass is 259 g/mol. The van der Waals surface area contributed by atoms with E-state index in [0.29, 0.717) is 18.6 Å². The number of hydrogen-bond acceptors (Lipinski definition) is 3. The van der Waals surface area contributed by atoms with Gasteiger partial charge in [-0.05, 0) is 37.7 Å². The van der Waals surface area contributed by atoms with Gasteiger partial charge in [0.2, 0.25) is 0 Å². The zero-order valence-electron chi connectivity index (χ0n) is 11.3. The molecule has 3 aliphatic rings. The van der Waals surface area contributed by atoms with Gasteiger partial charge in [0.1, 0.15) is 5.78 Å². The van der Waals surface area contributed by atoms with E-state index in [1.54, 1.807) is 6.92 Å². The Hall–Kier alpha value is -1.19. The minimum Gasteiger partial charge on any atom is -0.372 e. The average Bonchev–Trinajstić information content (AvgIpc) is 2.46. The van der Waals surface area contributed by atoms with E-state index >= 15 is 0 Å². The molecule has 0 amide bonds. The van der Waals surface area contributed by atoms with Gasteiger partial charge in [-0.3, -0.25) is 4.79 Å². The summed E-state index contributed by atoms with van der Waals surface area (Å²) in [5.41, 5.74) is 1.21. The topological polar surface area (TPSA) is 38.3 Å². The second-order valence-corrected chi connectivity index (χ2v) is 5.77. The van der Waals surface area contributed by atoms with Crippen molar-refractivity contribution < 1.29 is 9.53 Å². The number of fused-ring (bicyclic) bond motifs is 3. The first-order valence-corrected chi connectivity index (χ1v) is 7.16. The number of rotatable bonds is 4. The summed E-state index contributed by atoms with van der Waals surface area (Å²) < 4.78 is 6.06. The Kier molecular flexibility index (Phi) is 3.67. The summed E-state index contributed by atoms with van der Waals surface area (Å²) in [7, 11) is 0. The van der Waals surface area contributed by atoms with Crippen LogP contribution in [0.2, 0.25) is 0 Å². The number of carbonyl (C=O) groups excluding carboxylic acids is 1. The van der Waals surface area contributed by atoms with Crippen molar-refractivity contribution in [1.82, 2.24) is 5.32 Å². The molecule has 4 rings (SSSR count). The maximum Gasteiger partial charge on any atom is 0.146 e. The lowest BCUT2D eigenvalue weighted by Gasteiger charge is -2.47. The van der Waals surface area contributed by atoms with Gasteiger partial charge in [0, 0.05) is 6.04 Å². The normalized spacial score (nSPS) is 33.3. The van der Waals surface area contributed by atoms with Crippen LogP contribution >= 0.6 is 0 Å². The molecule has 1 saturated carbocycles. The molecule has 2 saturated heterocycles. The molecule has 1 N–H and O–H groups in total. The molecule has 3 heteroatoms. The number of piperidine rings is 2. The largest absolute Gasteiger partial charge is 0.372 e. The first-order chi connectivity index (χ1) is 9.24. The summed E-state index contributed by atoms with van der Waals surface area (Å²) in [5.74, 6) is 0.736. The minimum atomic E-state index is 0.0651. The predicted molar refractivity (Wildman–Crippen MR) is 73.8 cm³/mol. The highest BCUT2D eigenvalue weighted by atomic mass is 16.5. The Morgan fingerprint density at radius 1 is 1.32 bits per heavy atom. The fourth-order valence-corrected chi connectivity index (χ4v) is 3.43. The quantitative estimate of drug-likeness (QED) is 0.901. The molecule has 1 aromatic carbocycles. The van der Waals surface area contributed by atoms with Crippen LogP contribution in [0.5, 0.6) is 0 Å². The number of nitrogens with one attached hydrogen (secondary N) is 1. The number of ether oxygens (including phenoxy) is 1. The van der Waals surface area contributed by atoms with E-state index in [0.717, 1.165) is 19.3 Å². The van der Waals surface area contributed by atoms with E-state index in [4.69, 9.17) is 4.74 Å². The number of Topliss-reactive ketones (excluding diaryl/α,β-unsaturated/α-hetero) is 1. The second-order valence-electron chi connectivity index (χ2n) is 5.77. The summed E-state index contributed by atoms with van der Waals surface area (Å²) >= 11 is 0. The van der Waals surface area contributed by atoms with Gasteiger partial charge in [0.05, 0.1) is 18.8 Å². The molecule has 0 unspecified atom stereocenters. The van der Waals surface area contributed by atoms with Crippen molar-refractivity contribution in [3.8, 4) is 0 Å². The molecule has 3 fully saturated rings. The van der Waals surface area contributed by atoms with Crippen LogP contribution in [-0.4, -0.2) is 24.0 Å². The number of ketones is 1. The molecular formula is C16H21NO2. The van der Waals surface area contributed by atoms with Crippen molar-refractivity contribution in [3.63, 3.8) is 0 Å². The van der Waals surface area contributed by atoms with Gasteiger partial charge in [-0.2, -0.15) is 0 Å². The molecule has 102 valence electrons. The Morgan fingerprint density at radius 3 is 2.74 bits per heavy atom. The Labute approximate surface area is 114 Å². The average molecular weight is 259 g/mol. The first kappa shape index (κ1) is 12.8. The van der Waals surface area contributed by atoms with Gasteiger partial charge in [0.15, 0.2) is 0 Å². The van der Waals surface area contributed by atoms with Crippen molar-refractivity contribution in [2.24, 2.45) is 5.92 Å². The number of carbonyl (C=O) groups is 1. The van der Waals surface area contributed by atoms with Crippen LogP contribution in [0.4, 0.5) is 0 Å². The molecule has 1 aliphatic carbocycles. The third kappa shape index (κ3) is 2.72. The van der Waals surface area contributed by atoms with Crippen molar-refractivity contribution >= 4 is 5.78 Å². The van der Waals surface area contributed by atoms with Crippen molar-refractivity contribution in [2.75, 3.05) is 0 Å². The van der Waals surface area contributed by atoms with Crippen LogP contribution in [0.1, 0.15) is 31.7 Å². The summed E-state index contributed by atoms with van der Waals surface area (Å²) in [6.07, 6.45) is 3.57. The highest BCUT2D eigenvalue weighted by Gasteiger charge is 2.43. The Balaban J connectivity index is 1.58. The fraction of sp³-hybridized carbons (Fsp3) is 0.562. The molecular weight excluding hydrogens is 238 g/mol. The summed E-state index contributed by atoms with van der Waals surface area (Å²) in [5, 5.41) is 3.46. The molecule has 0 radical (unpaired) electrons. The Morgan fingerprint density at radius 2 is 2.11 bits per heavy atom. The van der Waals surface area contributed by atoms with E-state index in [1.165, 1.54) is 5.56 Å². The molecule has 19 heavy (non-hydrogen) atoms. The third-order valence-corrected chi connectivity index (χ3v) is 4.44. The van der Waals surface area contributed by atoms with Crippen LogP contribution in [-0.2, 0) is 16.1 Å². The van der Waals surface area contributed by atoms with E-state index in [2.05, 4.69) is 17.4 Å². The highest BCUT2D eigenvalue weighted by molar-refractivity contribution is 5.82. The van der Waals surface area contributed by atoms with Crippen molar-refractivity contribution in [3.05, 3.63) is 35.9 Å². The van der Waals surface area contributed by atoms with E-state index in [-0.39, 0.29) is 17.9 Å². The lowest BCUT2D eigenvalue weighted by Crippen LogP contribution is -2.61. The van der Waals surface area contributed by atoms with Crippen LogP contribution in [0.25, 0.3) is 0 Å². The molecule has 1 aromatic rings. The van der Waals surface area contributed by atoms with E-state index < -0.39 is 0 Å². The maximum absolute atomic E-state index is 11.6. The summed E-state index contributed by atoms with van der Waals surface area (Å²) in [6.45, 7) is 2.36. The van der Waals surface area contributed by atoms with Gasteiger partial charge in [-0.1, -0.05) is 30.3 Å².